The van der Waals surface area contributed by atoms with E-state index in [0.29, 0.717) is 23.6 Å². The number of carbonyl (C=O) groups is 2. The number of ether oxygens (including phenoxy) is 2. The number of piperazine rings is 1. The molecule has 1 aromatic rings. The summed E-state index contributed by atoms with van der Waals surface area (Å²) in [4.78, 5) is 25.6. The first-order valence-electron chi connectivity index (χ1n) is 6.43. The van der Waals surface area contributed by atoms with E-state index >= 15 is 0 Å². The number of carbonyl (C=O) groups excluding carboxylic acids is 2. The van der Waals surface area contributed by atoms with Gasteiger partial charge < -0.3 is 14.8 Å². The summed E-state index contributed by atoms with van der Waals surface area (Å²) in [6.45, 7) is 1.84. The van der Waals surface area contributed by atoms with Crippen LogP contribution in [0.3, 0.4) is 0 Å². The SMILES string of the molecule is CCC1NC(=O)CN(c2cc(OC)ccc2OC)C1=O. The summed E-state index contributed by atoms with van der Waals surface area (Å²) in [6, 6.07) is 4.66. The van der Waals surface area contributed by atoms with Crippen molar-refractivity contribution < 1.29 is 19.1 Å². The number of amides is 2. The van der Waals surface area contributed by atoms with Crippen molar-refractivity contribution in [3.63, 3.8) is 0 Å². The van der Waals surface area contributed by atoms with E-state index in [1.807, 2.05) is 6.92 Å². The fraction of sp³-hybridized carbons (Fsp3) is 0.429. The number of hydrogen-bond donors (Lipinski definition) is 1. The Labute approximate surface area is 117 Å². The van der Waals surface area contributed by atoms with E-state index < -0.39 is 6.04 Å². The van der Waals surface area contributed by atoms with Crippen LogP contribution in [0.2, 0.25) is 0 Å². The lowest BCUT2D eigenvalue weighted by molar-refractivity contribution is -0.131. The highest BCUT2D eigenvalue weighted by Gasteiger charge is 2.33. The second-order valence-corrected chi connectivity index (χ2v) is 4.49. The van der Waals surface area contributed by atoms with Gasteiger partial charge in [-0.05, 0) is 18.6 Å². The fourth-order valence-electron chi connectivity index (χ4n) is 2.20. The van der Waals surface area contributed by atoms with Crippen LogP contribution in [-0.2, 0) is 9.59 Å². The quantitative estimate of drug-likeness (QED) is 0.890. The molecule has 1 aliphatic rings. The number of rotatable bonds is 4. The number of hydrogen-bond acceptors (Lipinski definition) is 4. The molecule has 0 bridgehead atoms. The number of nitrogens with zero attached hydrogens (tertiary/aromatic N) is 1. The topological polar surface area (TPSA) is 67.9 Å². The maximum Gasteiger partial charge on any atom is 0.250 e. The van der Waals surface area contributed by atoms with Gasteiger partial charge in [-0.15, -0.1) is 0 Å². The van der Waals surface area contributed by atoms with Crippen molar-refractivity contribution in [3.05, 3.63) is 18.2 Å². The smallest absolute Gasteiger partial charge is 0.250 e. The lowest BCUT2D eigenvalue weighted by atomic mass is 10.1. The molecule has 0 aliphatic carbocycles. The summed E-state index contributed by atoms with van der Waals surface area (Å²) in [5.74, 6) is 0.816. The van der Waals surface area contributed by atoms with Gasteiger partial charge in [0, 0.05) is 6.07 Å². The molecule has 1 heterocycles. The summed E-state index contributed by atoms with van der Waals surface area (Å²) in [5.41, 5.74) is 0.546. The molecule has 1 aliphatic heterocycles. The molecule has 6 nitrogen and oxygen atoms in total. The average Bonchev–Trinajstić information content (AvgIpc) is 2.48. The Balaban J connectivity index is 2.42. The van der Waals surface area contributed by atoms with E-state index in [-0.39, 0.29) is 18.4 Å². The number of nitrogens with one attached hydrogen (secondary N) is 1. The van der Waals surface area contributed by atoms with Gasteiger partial charge in [0.15, 0.2) is 0 Å². The number of anilines is 1. The van der Waals surface area contributed by atoms with Gasteiger partial charge in [-0.3, -0.25) is 14.5 Å². The summed E-state index contributed by atoms with van der Waals surface area (Å²) in [6.07, 6.45) is 0.549. The highest BCUT2D eigenvalue weighted by Crippen LogP contribution is 2.33. The third-order valence-electron chi connectivity index (χ3n) is 3.29. The third kappa shape index (κ3) is 2.54. The third-order valence-corrected chi connectivity index (χ3v) is 3.29. The van der Waals surface area contributed by atoms with Crippen LogP contribution in [0.15, 0.2) is 18.2 Å². The average molecular weight is 278 g/mol. The van der Waals surface area contributed by atoms with Crippen molar-refractivity contribution >= 4 is 17.5 Å². The zero-order chi connectivity index (χ0) is 14.7. The summed E-state index contributed by atoms with van der Waals surface area (Å²) >= 11 is 0. The van der Waals surface area contributed by atoms with E-state index in [2.05, 4.69) is 5.32 Å². The molecular formula is C14H18N2O4. The minimum atomic E-state index is -0.493. The zero-order valence-corrected chi connectivity index (χ0v) is 11.8. The molecule has 1 saturated heterocycles. The van der Waals surface area contributed by atoms with Crippen LogP contribution in [0.4, 0.5) is 5.69 Å². The summed E-state index contributed by atoms with van der Waals surface area (Å²) in [7, 11) is 3.07. The standard InChI is InChI=1S/C14H18N2O4/c1-4-10-14(18)16(8-13(17)15-10)11-7-9(19-2)5-6-12(11)20-3/h5-7,10H,4,8H2,1-3H3,(H,15,17). The van der Waals surface area contributed by atoms with Crippen LogP contribution in [-0.4, -0.2) is 38.6 Å². The van der Waals surface area contributed by atoms with Crippen molar-refractivity contribution in [2.75, 3.05) is 25.7 Å². The van der Waals surface area contributed by atoms with E-state index in [1.165, 1.54) is 12.0 Å². The van der Waals surface area contributed by atoms with E-state index in [4.69, 9.17) is 9.47 Å². The second-order valence-electron chi connectivity index (χ2n) is 4.49. The molecule has 0 saturated carbocycles. The van der Waals surface area contributed by atoms with E-state index in [1.54, 1.807) is 25.3 Å². The van der Waals surface area contributed by atoms with Crippen molar-refractivity contribution in [3.8, 4) is 11.5 Å². The Morgan fingerprint density at radius 2 is 2.05 bits per heavy atom. The van der Waals surface area contributed by atoms with Crippen LogP contribution < -0.4 is 19.7 Å². The lowest BCUT2D eigenvalue weighted by Crippen LogP contribution is -2.58. The predicted molar refractivity (Wildman–Crippen MR) is 74.1 cm³/mol. The summed E-state index contributed by atoms with van der Waals surface area (Å²) in [5, 5.41) is 2.68. The Kier molecular flexibility index (Phi) is 4.12. The fourth-order valence-corrected chi connectivity index (χ4v) is 2.20. The Bertz CT molecular complexity index is 530. The van der Waals surface area contributed by atoms with Crippen LogP contribution in [0, 0.1) is 0 Å². The molecule has 6 heteroatoms. The van der Waals surface area contributed by atoms with Crippen LogP contribution in [0.25, 0.3) is 0 Å². The molecule has 0 radical (unpaired) electrons. The largest absolute Gasteiger partial charge is 0.497 e. The monoisotopic (exact) mass is 278 g/mol. The first-order chi connectivity index (χ1) is 9.60. The molecule has 0 aromatic heterocycles. The van der Waals surface area contributed by atoms with Gasteiger partial charge in [0.25, 0.3) is 0 Å². The van der Waals surface area contributed by atoms with Gasteiger partial charge in [0.05, 0.1) is 19.9 Å². The summed E-state index contributed by atoms with van der Waals surface area (Å²) < 4.78 is 10.4. The van der Waals surface area contributed by atoms with Crippen LogP contribution in [0.1, 0.15) is 13.3 Å². The number of methoxy groups -OCH3 is 2. The molecule has 1 atom stereocenters. The Hall–Kier alpha value is -2.24. The lowest BCUT2D eigenvalue weighted by Gasteiger charge is -2.32. The molecule has 2 rings (SSSR count). The van der Waals surface area contributed by atoms with Crippen molar-refractivity contribution in [1.29, 1.82) is 0 Å². The van der Waals surface area contributed by atoms with Crippen LogP contribution >= 0.6 is 0 Å². The first kappa shape index (κ1) is 14.2. The van der Waals surface area contributed by atoms with Gasteiger partial charge in [-0.25, -0.2) is 0 Å². The van der Waals surface area contributed by atoms with E-state index in [0.717, 1.165) is 0 Å². The van der Waals surface area contributed by atoms with Gasteiger partial charge in [0.1, 0.15) is 24.1 Å². The molecular weight excluding hydrogens is 260 g/mol. The highest BCUT2D eigenvalue weighted by atomic mass is 16.5. The molecule has 108 valence electrons. The molecule has 2 amide bonds. The van der Waals surface area contributed by atoms with Crippen molar-refractivity contribution in [2.24, 2.45) is 0 Å². The van der Waals surface area contributed by atoms with Gasteiger partial charge in [0.2, 0.25) is 11.8 Å². The van der Waals surface area contributed by atoms with Crippen LogP contribution in [0.5, 0.6) is 11.5 Å². The van der Waals surface area contributed by atoms with E-state index in [9.17, 15) is 9.59 Å². The molecule has 1 fully saturated rings. The van der Waals surface area contributed by atoms with Crippen molar-refractivity contribution in [1.82, 2.24) is 5.32 Å². The molecule has 20 heavy (non-hydrogen) atoms. The van der Waals surface area contributed by atoms with Gasteiger partial charge >= 0.3 is 0 Å². The number of benzene rings is 1. The second kappa shape index (κ2) is 5.81. The maximum absolute atomic E-state index is 12.4. The predicted octanol–water partition coefficient (Wildman–Crippen LogP) is 0.945. The normalized spacial score (nSPS) is 18.8. The molecule has 1 aromatic carbocycles. The zero-order valence-electron chi connectivity index (χ0n) is 11.8. The molecule has 1 N–H and O–H groups in total. The molecule has 0 spiro atoms. The maximum atomic E-state index is 12.4. The Morgan fingerprint density at radius 1 is 1.30 bits per heavy atom. The minimum Gasteiger partial charge on any atom is -0.497 e. The highest BCUT2D eigenvalue weighted by molar-refractivity contribution is 6.07. The Morgan fingerprint density at radius 3 is 2.65 bits per heavy atom. The molecule has 1 unspecified atom stereocenters. The van der Waals surface area contributed by atoms with Gasteiger partial charge in [-0.2, -0.15) is 0 Å². The van der Waals surface area contributed by atoms with Gasteiger partial charge in [-0.1, -0.05) is 6.92 Å². The van der Waals surface area contributed by atoms with Crippen molar-refractivity contribution in [2.45, 2.75) is 19.4 Å². The minimum absolute atomic E-state index is 0.0150. The first-order valence-corrected chi connectivity index (χ1v) is 6.43.